The Morgan fingerprint density at radius 1 is 0.882 bits per heavy atom. The van der Waals surface area contributed by atoms with Gasteiger partial charge in [0.15, 0.2) is 0 Å². The zero-order valence-electron chi connectivity index (χ0n) is 21.7. The summed E-state index contributed by atoms with van der Waals surface area (Å²) >= 11 is 1.30. The molecule has 3 aromatic rings. The molecule has 0 amide bonds. The molecule has 0 nitrogen and oxygen atoms in total. The van der Waals surface area contributed by atoms with Crippen molar-refractivity contribution in [1.29, 1.82) is 0 Å². The van der Waals surface area contributed by atoms with Crippen molar-refractivity contribution in [2.45, 2.75) is 46.8 Å². The van der Waals surface area contributed by atoms with Crippen LogP contribution in [0.25, 0.3) is 11.1 Å². The molecule has 178 valence electrons. The smallest absolute Gasteiger partial charge is 0.0253 e. The average Bonchev–Trinajstić information content (AvgIpc) is 3.42. The first-order valence-corrected chi connectivity index (χ1v) is 17.0. The van der Waals surface area contributed by atoms with Crippen LogP contribution in [0.15, 0.2) is 89.6 Å². The quantitative estimate of drug-likeness (QED) is 0.167. The summed E-state index contributed by atoms with van der Waals surface area (Å²) in [6.45, 7) is 16.6. The molecule has 2 aliphatic rings. The van der Waals surface area contributed by atoms with E-state index in [0.29, 0.717) is 5.92 Å². The Bertz CT molecular complexity index is 972. The first-order valence-electron chi connectivity index (χ1n) is 11.7. The van der Waals surface area contributed by atoms with Crippen LogP contribution in [0.3, 0.4) is 0 Å². The van der Waals surface area contributed by atoms with Crippen molar-refractivity contribution >= 4 is 12.3 Å². The van der Waals surface area contributed by atoms with Crippen molar-refractivity contribution in [3.63, 3.8) is 0 Å². The molecule has 5 rings (SSSR count). The number of fused-ring (bicyclic) bond motifs is 3. The summed E-state index contributed by atoms with van der Waals surface area (Å²) in [5, 5.41) is 1.60. The molecule has 0 saturated carbocycles. The van der Waals surface area contributed by atoms with Crippen molar-refractivity contribution < 1.29 is 24.2 Å². The number of hydrogen-bond acceptors (Lipinski definition) is 0. The van der Waals surface area contributed by atoms with Gasteiger partial charge in [0.2, 0.25) is 0 Å². The van der Waals surface area contributed by atoms with E-state index in [1.165, 1.54) is 52.1 Å². The molecule has 0 aromatic heterocycles. The van der Waals surface area contributed by atoms with Gasteiger partial charge in [-0.05, 0) is 14.5 Å². The first-order chi connectivity index (χ1) is 16.4. The third-order valence-electron chi connectivity index (χ3n) is 5.30. The molecule has 0 saturated heterocycles. The van der Waals surface area contributed by atoms with Crippen LogP contribution in [-0.2, 0) is 30.7 Å². The van der Waals surface area contributed by atoms with Crippen molar-refractivity contribution in [2.75, 3.05) is 0 Å². The van der Waals surface area contributed by atoms with E-state index in [9.17, 15) is 0 Å². The fourth-order valence-electron chi connectivity index (χ4n) is 3.99. The number of benzene rings is 3. The van der Waals surface area contributed by atoms with Gasteiger partial charge in [-0.1, -0.05) is 74.8 Å². The Morgan fingerprint density at radius 2 is 1.50 bits per heavy atom. The zero-order chi connectivity index (χ0) is 25.6. The minimum absolute atomic E-state index is 0.553. The largest absolute Gasteiger partial charge is 0.184 e. The van der Waals surface area contributed by atoms with Crippen molar-refractivity contribution in [1.82, 2.24) is 0 Å². The van der Waals surface area contributed by atoms with E-state index in [2.05, 4.69) is 105 Å². The van der Waals surface area contributed by atoms with Crippen LogP contribution in [0.2, 0.25) is 19.6 Å². The van der Waals surface area contributed by atoms with Gasteiger partial charge >= 0.3 is 28.4 Å². The normalized spacial score (nSPS) is 14.5. The standard InChI is InChI=1S/C13H9.C10H17Si.C6H5.C2H5.CH2.Zr/c1-3-7-12-10(5-1)9-11-6-2-4-8-13(11)12;1-8-6-9(2)10(7-8)11(3,4)5;1-2-4-6-5-3-1;1-2;;/h1-5,7-8H,9H2;7-8H,1-5H3;1-5H;1H2,2H3;1H2;/q4*-1;;. The van der Waals surface area contributed by atoms with Gasteiger partial charge in [-0.25, -0.2) is 10.8 Å². The second-order valence-electron chi connectivity index (χ2n) is 8.86. The number of rotatable bonds is 1. The van der Waals surface area contributed by atoms with Crippen LogP contribution in [-0.4, -0.2) is 12.3 Å². The molecule has 0 fully saturated rings. The van der Waals surface area contributed by atoms with Gasteiger partial charge in [-0.15, -0.1) is 5.56 Å². The third kappa shape index (κ3) is 9.40. The summed E-state index contributed by atoms with van der Waals surface area (Å²) < 4.78 is 3.34. The van der Waals surface area contributed by atoms with E-state index in [-0.39, 0.29) is 0 Å². The van der Waals surface area contributed by atoms with Crippen molar-refractivity contribution in [3.05, 3.63) is 126 Å². The monoisotopic (exact) mass is 540 g/mol. The Kier molecular flexibility index (Phi) is 14.1. The molecule has 1 unspecified atom stereocenters. The molecule has 2 heteroatoms. The summed E-state index contributed by atoms with van der Waals surface area (Å²) in [5.41, 5.74) is 6.91. The molecular weight excluding hydrogens is 504 g/mol. The maximum atomic E-state index is 3.43. The molecule has 3 aromatic carbocycles. The maximum absolute atomic E-state index is 3.43. The predicted molar refractivity (Wildman–Crippen MR) is 150 cm³/mol. The van der Waals surface area contributed by atoms with E-state index in [1.54, 1.807) is 12.1 Å². The van der Waals surface area contributed by atoms with Gasteiger partial charge in [-0.3, -0.25) is 6.08 Å². The molecule has 0 N–H and O–H groups in total. The van der Waals surface area contributed by atoms with Gasteiger partial charge < -0.3 is 6.92 Å². The molecule has 2 aliphatic carbocycles. The van der Waals surface area contributed by atoms with Gasteiger partial charge in [-0.2, -0.15) is 79.2 Å². The van der Waals surface area contributed by atoms with Crippen LogP contribution in [0.4, 0.5) is 0 Å². The zero-order valence-corrected chi connectivity index (χ0v) is 25.2. The van der Waals surface area contributed by atoms with Crippen LogP contribution >= 0.6 is 0 Å². The molecule has 0 radical (unpaired) electrons. The molecule has 0 bridgehead atoms. The minimum atomic E-state index is -1.07. The average molecular weight is 542 g/mol. The predicted octanol–water partition coefficient (Wildman–Crippen LogP) is 8.54. The number of hydrogen-bond donors (Lipinski definition) is 0. The third-order valence-corrected chi connectivity index (χ3v) is 7.45. The van der Waals surface area contributed by atoms with E-state index < -0.39 is 8.07 Å². The van der Waals surface area contributed by atoms with E-state index in [4.69, 9.17) is 0 Å². The van der Waals surface area contributed by atoms with Crippen LogP contribution in [0, 0.1) is 31.1 Å². The van der Waals surface area contributed by atoms with Gasteiger partial charge in [0.05, 0.1) is 0 Å². The van der Waals surface area contributed by atoms with Crippen LogP contribution in [0.1, 0.15) is 31.9 Å². The van der Waals surface area contributed by atoms with Gasteiger partial charge in [0, 0.05) is 0 Å². The topological polar surface area (TPSA) is 0 Å². The van der Waals surface area contributed by atoms with E-state index in [0.717, 1.165) is 6.42 Å². The van der Waals surface area contributed by atoms with Crippen molar-refractivity contribution in [3.8, 4) is 11.1 Å². The van der Waals surface area contributed by atoms with Gasteiger partial charge in [0.1, 0.15) is 0 Å². The summed E-state index contributed by atoms with van der Waals surface area (Å²) in [5.74, 6) is 0.553. The summed E-state index contributed by atoms with van der Waals surface area (Å²) in [7, 11) is -1.07. The SMILES string of the molecule is CC1=[C-]C(C)C=C1[Si](C)(C)C.[CH2-]C.[CH2]=[Zr].[c-]1cccc2c1Cc1ccccc1-2.[c-]1ccccc1. The van der Waals surface area contributed by atoms with E-state index in [1.807, 2.05) is 36.4 Å². The summed E-state index contributed by atoms with van der Waals surface area (Å²) in [6, 6.07) is 30.6. The van der Waals surface area contributed by atoms with Gasteiger partial charge in [0.25, 0.3) is 0 Å². The Hall–Kier alpha value is -1.89. The fourth-order valence-corrected chi connectivity index (χ4v) is 5.94. The molecule has 34 heavy (non-hydrogen) atoms. The summed E-state index contributed by atoms with van der Waals surface area (Å²) in [4.78, 5) is 0. The molecule has 0 spiro atoms. The summed E-state index contributed by atoms with van der Waals surface area (Å²) in [6.07, 6.45) is 6.86. The molecule has 0 heterocycles. The molecular formula is C32H38SiZr-4. The number of allylic oxidation sites excluding steroid dienone is 4. The van der Waals surface area contributed by atoms with E-state index >= 15 is 0 Å². The first kappa shape index (κ1) is 30.1. The Balaban J connectivity index is 0.000000250. The van der Waals surface area contributed by atoms with Crippen LogP contribution < -0.4 is 0 Å². The second-order valence-corrected chi connectivity index (χ2v) is 13.9. The molecule has 1 atom stereocenters. The Morgan fingerprint density at radius 3 is 1.97 bits per heavy atom. The Labute approximate surface area is 225 Å². The maximum Gasteiger partial charge on any atom is -0.0253 e. The molecule has 0 aliphatic heterocycles. The second kappa shape index (κ2) is 15.9. The van der Waals surface area contributed by atoms with Crippen molar-refractivity contribution in [2.24, 2.45) is 5.92 Å². The fraction of sp³-hybridized carbons (Fsp3) is 0.250. The van der Waals surface area contributed by atoms with Crippen LogP contribution in [0.5, 0.6) is 0 Å². The minimum Gasteiger partial charge on any atom is -0.184 e.